The lowest BCUT2D eigenvalue weighted by Crippen LogP contribution is -2.32. The molecule has 0 atom stereocenters. The third-order valence-corrected chi connectivity index (χ3v) is 2.77. The zero-order valence-corrected chi connectivity index (χ0v) is 11.9. The smallest absolute Gasteiger partial charge is 0.325 e. The predicted octanol–water partition coefficient (Wildman–Crippen LogP) is 2.99. The van der Waals surface area contributed by atoms with Crippen LogP contribution in [-0.4, -0.2) is 25.7 Å². The minimum atomic E-state index is -0.296. The molecular weight excluding hydrogens is 264 g/mol. The van der Waals surface area contributed by atoms with Crippen molar-refractivity contribution in [2.24, 2.45) is 0 Å². The van der Waals surface area contributed by atoms with Crippen molar-refractivity contribution in [3.8, 4) is 6.07 Å². The normalized spacial score (nSPS) is 9.79. The number of carbonyl (C=O) groups excluding carboxylic acids is 1. The van der Waals surface area contributed by atoms with Crippen molar-refractivity contribution >= 4 is 23.3 Å². The summed E-state index contributed by atoms with van der Waals surface area (Å²) >= 11 is 5.87. The van der Waals surface area contributed by atoms with Crippen LogP contribution in [0.2, 0.25) is 5.02 Å². The van der Waals surface area contributed by atoms with E-state index in [1.807, 2.05) is 11.8 Å². The molecule has 0 bridgehead atoms. The van der Waals surface area contributed by atoms with Gasteiger partial charge in [0.2, 0.25) is 0 Å². The van der Waals surface area contributed by atoms with Gasteiger partial charge in [-0.3, -0.25) is 4.79 Å². The minimum Gasteiger partial charge on any atom is -0.465 e. The van der Waals surface area contributed by atoms with Gasteiger partial charge in [0.05, 0.1) is 17.9 Å². The fraction of sp³-hybridized carbons (Fsp3) is 0.429. The molecule has 4 nitrogen and oxygen atoms in total. The number of nitrogens with zero attached hydrogens (tertiary/aromatic N) is 2. The van der Waals surface area contributed by atoms with Crippen LogP contribution in [0.1, 0.15) is 25.8 Å². The molecule has 1 rings (SSSR count). The number of rotatable bonds is 6. The highest BCUT2D eigenvalue weighted by Gasteiger charge is 2.15. The first-order valence-corrected chi connectivity index (χ1v) is 6.60. The van der Waals surface area contributed by atoms with Gasteiger partial charge in [0.25, 0.3) is 0 Å². The summed E-state index contributed by atoms with van der Waals surface area (Å²) in [6.45, 7) is 4.95. The predicted molar refractivity (Wildman–Crippen MR) is 75.3 cm³/mol. The highest BCUT2D eigenvalue weighted by molar-refractivity contribution is 6.30. The van der Waals surface area contributed by atoms with Crippen LogP contribution in [0.3, 0.4) is 0 Å². The standard InChI is InChI=1S/C14H17ClN2O2/c1-3-7-17(10-14(18)19-4-2)13-6-5-12(15)8-11(13)9-16/h5-6,8H,3-4,7,10H2,1-2H3. The molecule has 0 heterocycles. The van der Waals surface area contributed by atoms with E-state index >= 15 is 0 Å². The van der Waals surface area contributed by atoms with E-state index in [1.54, 1.807) is 25.1 Å². The molecule has 1 aromatic rings. The van der Waals surface area contributed by atoms with E-state index in [0.717, 1.165) is 6.42 Å². The minimum absolute atomic E-state index is 0.137. The van der Waals surface area contributed by atoms with E-state index in [4.69, 9.17) is 21.6 Å². The van der Waals surface area contributed by atoms with Crippen molar-refractivity contribution in [1.29, 1.82) is 5.26 Å². The number of hydrogen-bond acceptors (Lipinski definition) is 4. The van der Waals surface area contributed by atoms with Crippen LogP contribution in [-0.2, 0) is 9.53 Å². The zero-order valence-electron chi connectivity index (χ0n) is 11.1. The monoisotopic (exact) mass is 280 g/mol. The molecule has 0 radical (unpaired) electrons. The molecule has 1 aromatic carbocycles. The van der Waals surface area contributed by atoms with Crippen molar-refractivity contribution in [2.75, 3.05) is 24.6 Å². The Morgan fingerprint density at radius 2 is 2.21 bits per heavy atom. The summed E-state index contributed by atoms with van der Waals surface area (Å²) in [4.78, 5) is 13.4. The van der Waals surface area contributed by atoms with E-state index in [2.05, 4.69) is 6.07 Å². The van der Waals surface area contributed by atoms with E-state index in [-0.39, 0.29) is 12.5 Å². The number of nitriles is 1. The van der Waals surface area contributed by atoms with E-state index in [0.29, 0.717) is 29.4 Å². The van der Waals surface area contributed by atoms with Crippen molar-refractivity contribution in [2.45, 2.75) is 20.3 Å². The number of esters is 1. The summed E-state index contributed by atoms with van der Waals surface area (Å²) in [5.41, 5.74) is 1.17. The zero-order chi connectivity index (χ0) is 14.3. The van der Waals surface area contributed by atoms with E-state index in [1.165, 1.54) is 0 Å². The van der Waals surface area contributed by atoms with Gasteiger partial charge in [-0.2, -0.15) is 5.26 Å². The van der Waals surface area contributed by atoms with Gasteiger partial charge in [-0.15, -0.1) is 0 Å². The highest BCUT2D eigenvalue weighted by Crippen LogP contribution is 2.24. The molecule has 0 saturated carbocycles. The van der Waals surface area contributed by atoms with Crippen LogP contribution in [0.25, 0.3) is 0 Å². The Kier molecular flexibility index (Phi) is 6.17. The SMILES string of the molecule is CCCN(CC(=O)OCC)c1ccc(Cl)cc1C#N. The van der Waals surface area contributed by atoms with Crippen LogP contribution >= 0.6 is 11.6 Å². The first-order chi connectivity index (χ1) is 9.12. The molecule has 5 heteroatoms. The van der Waals surface area contributed by atoms with Gasteiger partial charge in [-0.1, -0.05) is 18.5 Å². The number of carbonyl (C=O) groups is 1. The quantitative estimate of drug-likeness (QED) is 0.752. The summed E-state index contributed by atoms with van der Waals surface area (Å²) in [5, 5.41) is 9.65. The second kappa shape index (κ2) is 7.65. The molecule has 0 spiro atoms. The Morgan fingerprint density at radius 3 is 2.79 bits per heavy atom. The van der Waals surface area contributed by atoms with Crippen molar-refractivity contribution in [3.63, 3.8) is 0 Å². The third-order valence-electron chi connectivity index (χ3n) is 2.54. The largest absolute Gasteiger partial charge is 0.465 e. The van der Waals surface area contributed by atoms with E-state index < -0.39 is 0 Å². The fourth-order valence-corrected chi connectivity index (χ4v) is 1.96. The molecule has 0 aromatic heterocycles. The summed E-state index contributed by atoms with van der Waals surface area (Å²) in [6.07, 6.45) is 0.868. The molecule has 0 aliphatic rings. The van der Waals surface area contributed by atoms with Crippen LogP contribution in [0.15, 0.2) is 18.2 Å². The van der Waals surface area contributed by atoms with Gasteiger partial charge >= 0.3 is 5.97 Å². The van der Waals surface area contributed by atoms with Crippen LogP contribution < -0.4 is 4.90 Å². The van der Waals surface area contributed by atoms with Crippen LogP contribution in [0.4, 0.5) is 5.69 Å². The van der Waals surface area contributed by atoms with Gasteiger partial charge in [-0.25, -0.2) is 0 Å². The molecule has 102 valence electrons. The number of benzene rings is 1. The maximum Gasteiger partial charge on any atom is 0.325 e. The number of hydrogen-bond donors (Lipinski definition) is 0. The third kappa shape index (κ3) is 4.46. The van der Waals surface area contributed by atoms with Crippen LogP contribution in [0.5, 0.6) is 0 Å². The summed E-state index contributed by atoms with van der Waals surface area (Å²) in [6, 6.07) is 7.18. The molecule has 0 aliphatic heterocycles. The maximum atomic E-state index is 11.6. The Bertz CT molecular complexity index is 483. The van der Waals surface area contributed by atoms with E-state index in [9.17, 15) is 4.79 Å². The van der Waals surface area contributed by atoms with Crippen molar-refractivity contribution in [1.82, 2.24) is 0 Å². The second-order valence-electron chi connectivity index (χ2n) is 4.00. The summed E-state index contributed by atoms with van der Waals surface area (Å²) < 4.78 is 4.95. The number of halogens is 1. The molecular formula is C14H17ClN2O2. The Labute approximate surface area is 118 Å². The first-order valence-electron chi connectivity index (χ1n) is 6.22. The number of anilines is 1. The molecule has 0 amide bonds. The topological polar surface area (TPSA) is 53.3 Å². The molecule has 0 saturated heterocycles. The van der Waals surface area contributed by atoms with Gasteiger partial charge < -0.3 is 9.64 Å². The molecule has 0 N–H and O–H groups in total. The lowest BCUT2D eigenvalue weighted by molar-refractivity contribution is -0.141. The van der Waals surface area contributed by atoms with Gasteiger partial charge in [0.15, 0.2) is 0 Å². The highest BCUT2D eigenvalue weighted by atomic mass is 35.5. The van der Waals surface area contributed by atoms with Crippen LogP contribution in [0, 0.1) is 11.3 Å². The summed E-state index contributed by atoms with van der Waals surface area (Å²) in [7, 11) is 0. The Hall–Kier alpha value is -1.73. The molecule has 0 aliphatic carbocycles. The molecule has 0 unspecified atom stereocenters. The van der Waals surface area contributed by atoms with Crippen molar-refractivity contribution in [3.05, 3.63) is 28.8 Å². The average Bonchev–Trinajstić information content (AvgIpc) is 2.38. The number of ether oxygens (including phenoxy) is 1. The van der Waals surface area contributed by atoms with Gasteiger partial charge in [-0.05, 0) is 31.5 Å². The second-order valence-corrected chi connectivity index (χ2v) is 4.44. The maximum absolute atomic E-state index is 11.6. The van der Waals surface area contributed by atoms with Gasteiger partial charge in [0.1, 0.15) is 12.6 Å². The average molecular weight is 281 g/mol. The fourth-order valence-electron chi connectivity index (χ4n) is 1.79. The Morgan fingerprint density at radius 1 is 1.47 bits per heavy atom. The Balaban J connectivity index is 2.99. The summed E-state index contributed by atoms with van der Waals surface area (Å²) in [5.74, 6) is -0.296. The molecule has 19 heavy (non-hydrogen) atoms. The lowest BCUT2D eigenvalue weighted by Gasteiger charge is -2.24. The van der Waals surface area contributed by atoms with Crippen molar-refractivity contribution < 1.29 is 9.53 Å². The first kappa shape index (κ1) is 15.3. The van der Waals surface area contributed by atoms with Gasteiger partial charge in [0, 0.05) is 11.6 Å². The lowest BCUT2D eigenvalue weighted by atomic mass is 10.1. The molecule has 0 fully saturated rings.